The van der Waals surface area contributed by atoms with Gasteiger partial charge in [-0.25, -0.2) is 4.98 Å². The summed E-state index contributed by atoms with van der Waals surface area (Å²) in [5, 5.41) is 12.9. The Balaban J connectivity index is 1.96. The van der Waals surface area contributed by atoms with Crippen LogP contribution in [0.1, 0.15) is 50.2 Å². The Labute approximate surface area is 114 Å². The van der Waals surface area contributed by atoms with Crippen LogP contribution in [-0.4, -0.2) is 34.7 Å². The second-order valence-electron chi connectivity index (χ2n) is 6.11. The minimum atomic E-state index is 0.0785. The van der Waals surface area contributed by atoms with E-state index in [1.165, 1.54) is 17.1 Å². The zero-order chi connectivity index (χ0) is 13.2. The topological polar surface area (TPSA) is 36.4 Å². The number of nitrogens with zero attached hydrogens (tertiary/aromatic N) is 2. The molecule has 2 heterocycles. The second kappa shape index (κ2) is 5.68. The lowest BCUT2D eigenvalue weighted by Crippen LogP contribution is -2.43. The number of hydrogen-bond donors (Lipinski definition) is 1. The Morgan fingerprint density at radius 1 is 1.56 bits per heavy atom. The monoisotopic (exact) mass is 268 g/mol. The van der Waals surface area contributed by atoms with Crippen molar-refractivity contribution in [1.29, 1.82) is 0 Å². The van der Waals surface area contributed by atoms with Gasteiger partial charge in [-0.15, -0.1) is 11.3 Å². The molecule has 1 unspecified atom stereocenters. The molecule has 0 saturated carbocycles. The smallest absolute Gasteiger partial charge is 0.0954 e. The van der Waals surface area contributed by atoms with Gasteiger partial charge in [0.1, 0.15) is 0 Å². The van der Waals surface area contributed by atoms with E-state index in [-0.39, 0.29) is 12.0 Å². The molecule has 4 heteroatoms. The van der Waals surface area contributed by atoms with Crippen molar-refractivity contribution in [2.24, 2.45) is 5.41 Å². The predicted molar refractivity (Wildman–Crippen MR) is 75.9 cm³/mol. The van der Waals surface area contributed by atoms with Crippen LogP contribution in [0, 0.1) is 5.41 Å². The number of aliphatic hydroxyl groups is 1. The van der Waals surface area contributed by atoms with Crippen LogP contribution in [0.3, 0.4) is 0 Å². The first-order valence-electron chi connectivity index (χ1n) is 6.80. The maximum absolute atomic E-state index is 9.47. The summed E-state index contributed by atoms with van der Waals surface area (Å²) < 4.78 is 0. The molecule has 1 saturated heterocycles. The van der Waals surface area contributed by atoms with Crippen LogP contribution in [0.2, 0.25) is 0 Å². The molecular formula is C14H24N2OS. The fourth-order valence-corrected chi connectivity index (χ4v) is 3.41. The number of rotatable bonds is 4. The zero-order valence-corrected chi connectivity index (χ0v) is 12.5. The number of piperidine rings is 1. The van der Waals surface area contributed by atoms with E-state index in [4.69, 9.17) is 4.98 Å². The molecule has 1 atom stereocenters. The van der Waals surface area contributed by atoms with Crippen LogP contribution in [0.25, 0.3) is 0 Å². The largest absolute Gasteiger partial charge is 0.396 e. The van der Waals surface area contributed by atoms with E-state index in [1.807, 2.05) is 0 Å². The van der Waals surface area contributed by atoms with Gasteiger partial charge in [0.2, 0.25) is 0 Å². The first-order valence-corrected chi connectivity index (χ1v) is 7.68. The van der Waals surface area contributed by atoms with Gasteiger partial charge in [-0.2, -0.15) is 0 Å². The lowest BCUT2D eigenvalue weighted by atomic mass is 9.83. The molecule has 0 spiro atoms. The maximum atomic E-state index is 9.47. The van der Waals surface area contributed by atoms with Crippen molar-refractivity contribution in [3.63, 3.8) is 0 Å². The van der Waals surface area contributed by atoms with Gasteiger partial charge in [-0.1, -0.05) is 20.8 Å². The Kier molecular flexibility index (Phi) is 4.41. The summed E-state index contributed by atoms with van der Waals surface area (Å²) in [6.07, 6.45) is 2.31. The highest BCUT2D eigenvalue weighted by Crippen LogP contribution is 2.30. The van der Waals surface area contributed by atoms with E-state index >= 15 is 0 Å². The van der Waals surface area contributed by atoms with Gasteiger partial charge in [0, 0.05) is 36.4 Å². The average Bonchev–Trinajstić information content (AvgIpc) is 2.78. The van der Waals surface area contributed by atoms with E-state index < -0.39 is 0 Å². The highest BCUT2D eigenvalue weighted by molar-refractivity contribution is 7.09. The van der Waals surface area contributed by atoms with E-state index in [1.54, 1.807) is 11.3 Å². The average molecular weight is 268 g/mol. The quantitative estimate of drug-likeness (QED) is 0.912. The number of likely N-dealkylation sites (tertiary alicyclic amines) is 1. The summed E-state index contributed by atoms with van der Waals surface area (Å²) in [6, 6.07) is 0. The van der Waals surface area contributed by atoms with Crippen LogP contribution in [0.15, 0.2) is 5.38 Å². The van der Waals surface area contributed by atoms with E-state index in [9.17, 15) is 5.11 Å². The minimum absolute atomic E-state index is 0.0785. The van der Waals surface area contributed by atoms with Crippen molar-refractivity contribution in [2.75, 3.05) is 19.7 Å². The van der Waals surface area contributed by atoms with E-state index in [0.29, 0.717) is 5.92 Å². The predicted octanol–water partition coefficient (Wildman–Crippen LogP) is 2.86. The fourth-order valence-electron chi connectivity index (χ4n) is 2.58. The van der Waals surface area contributed by atoms with E-state index in [2.05, 4.69) is 31.1 Å². The first-order chi connectivity index (χ1) is 8.52. The third-order valence-corrected chi connectivity index (χ3v) is 4.88. The molecule has 1 aromatic rings. The molecule has 0 bridgehead atoms. The lowest BCUT2D eigenvalue weighted by Gasteiger charge is -2.39. The van der Waals surface area contributed by atoms with Crippen molar-refractivity contribution < 1.29 is 5.11 Å². The molecule has 1 fully saturated rings. The Morgan fingerprint density at radius 2 is 2.33 bits per heavy atom. The Morgan fingerprint density at radius 3 is 2.94 bits per heavy atom. The van der Waals surface area contributed by atoms with Crippen LogP contribution < -0.4 is 0 Å². The Hall–Kier alpha value is -0.450. The molecule has 1 N–H and O–H groups in total. The van der Waals surface area contributed by atoms with Gasteiger partial charge in [0.15, 0.2) is 0 Å². The third-order valence-electron chi connectivity index (χ3n) is 3.69. The molecule has 1 aliphatic rings. The van der Waals surface area contributed by atoms with Crippen molar-refractivity contribution in [2.45, 2.75) is 46.1 Å². The second-order valence-corrected chi connectivity index (χ2v) is 7.00. The number of thiazole rings is 1. The van der Waals surface area contributed by atoms with Gasteiger partial charge in [-0.05, 0) is 19.4 Å². The van der Waals surface area contributed by atoms with Gasteiger partial charge < -0.3 is 5.11 Å². The molecule has 0 aromatic carbocycles. The van der Waals surface area contributed by atoms with Crippen LogP contribution in [0.4, 0.5) is 0 Å². The van der Waals surface area contributed by atoms with E-state index in [0.717, 1.165) is 26.1 Å². The molecule has 0 radical (unpaired) electrons. The third kappa shape index (κ3) is 3.31. The number of aliphatic hydroxyl groups excluding tert-OH is 1. The first kappa shape index (κ1) is 14.0. The molecular weight excluding hydrogens is 244 g/mol. The summed E-state index contributed by atoms with van der Waals surface area (Å²) >= 11 is 1.76. The molecule has 18 heavy (non-hydrogen) atoms. The summed E-state index contributed by atoms with van der Waals surface area (Å²) in [7, 11) is 0. The SMILES string of the molecule is CC(C)c1nc(CN2CCCC(C)(CO)C2)cs1. The molecule has 0 amide bonds. The molecule has 1 aromatic heterocycles. The lowest BCUT2D eigenvalue weighted by molar-refractivity contribution is 0.0424. The highest BCUT2D eigenvalue weighted by atomic mass is 32.1. The number of aromatic nitrogens is 1. The summed E-state index contributed by atoms with van der Waals surface area (Å²) in [5.41, 5.74) is 1.26. The molecule has 102 valence electrons. The standard InChI is InChI=1S/C14H24N2OS/c1-11(2)13-15-12(8-18-13)7-16-6-4-5-14(3,9-16)10-17/h8,11,17H,4-7,9-10H2,1-3H3. The summed E-state index contributed by atoms with van der Waals surface area (Å²) in [4.78, 5) is 7.12. The minimum Gasteiger partial charge on any atom is -0.396 e. The van der Waals surface area contributed by atoms with Crippen LogP contribution in [-0.2, 0) is 6.54 Å². The normalized spacial score (nSPS) is 25.8. The van der Waals surface area contributed by atoms with Gasteiger partial charge in [0.25, 0.3) is 0 Å². The van der Waals surface area contributed by atoms with Gasteiger partial charge in [0.05, 0.1) is 10.7 Å². The molecule has 3 nitrogen and oxygen atoms in total. The molecule has 2 rings (SSSR count). The maximum Gasteiger partial charge on any atom is 0.0954 e. The van der Waals surface area contributed by atoms with Crippen molar-refractivity contribution >= 4 is 11.3 Å². The molecule has 0 aliphatic carbocycles. The van der Waals surface area contributed by atoms with Crippen molar-refractivity contribution in [3.8, 4) is 0 Å². The summed E-state index contributed by atoms with van der Waals surface area (Å²) in [5.74, 6) is 0.521. The van der Waals surface area contributed by atoms with Gasteiger partial charge >= 0.3 is 0 Å². The highest BCUT2D eigenvalue weighted by Gasteiger charge is 2.30. The molecule has 1 aliphatic heterocycles. The summed E-state index contributed by atoms with van der Waals surface area (Å²) in [6.45, 7) is 9.89. The van der Waals surface area contributed by atoms with Crippen molar-refractivity contribution in [3.05, 3.63) is 16.1 Å². The zero-order valence-electron chi connectivity index (χ0n) is 11.6. The van der Waals surface area contributed by atoms with Crippen LogP contribution in [0.5, 0.6) is 0 Å². The van der Waals surface area contributed by atoms with Gasteiger partial charge in [-0.3, -0.25) is 4.90 Å². The Bertz CT molecular complexity index is 391. The van der Waals surface area contributed by atoms with Crippen LogP contribution >= 0.6 is 11.3 Å². The fraction of sp³-hybridized carbons (Fsp3) is 0.786. The number of hydrogen-bond acceptors (Lipinski definition) is 4. The van der Waals surface area contributed by atoms with Crippen molar-refractivity contribution in [1.82, 2.24) is 9.88 Å².